The fraction of sp³-hybridized carbons (Fsp3) is 0.727. The standard InChI is InChI=1S/C22H38O3/c1-2-3-4-5-6-7-8-9-10-11-14-17-20-25-21-18-15-12-13-16-19-22(23)24/h13-15,17H,2-11,16,18-21H2,1H3,(H,23,24). The lowest BCUT2D eigenvalue weighted by atomic mass is 10.1. The first kappa shape index (κ1) is 23.7. The Kier molecular flexibility index (Phi) is 19.6. The van der Waals surface area contributed by atoms with Gasteiger partial charge in [0.05, 0.1) is 13.2 Å². The Hall–Kier alpha value is -1.31. The van der Waals surface area contributed by atoms with E-state index in [2.05, 4.69) is 24.8 Å². The molecule has 0 aliphatic rings. The predicted octanol–water partition coefficient (Wildman–Crippen LogP) is 6.45. The minimum Gasteiger partial charge on any atom is -0.481 e. The minimum absolute atomic E-state index is 0.168. The van der Waals surface area contributed by atoms with Crippen molar-refractivity contribution in [3.63, 3.8) is 0 Å². The summed E-state index contributed by atoms with van der Waals surface area (Å²) in [5.41, 5.74) is 2.98. The van der Waals surface area contributed by atoms with Gasteiger partial charge < -0.3 is 9.84 Å². The van der Waals surface area contributed by atoms with E-state index in [0.29, 0.717) is 19.6 Å². The number of ether oxygens (including phenoxy) is 1. The van der Waals surface area contributed by atoms with Gasteiger partial charge in [0.15, 0.2) is 0 Å². The third-order valence-electron chi connectivity index (χ3n) is 4.00. The predicted molar refractivity (Wildman–Crippen MR) is 106 cm³/mol. The molecule has 0 aromatic rings. The summed E-state index contributed by atoms with van der Waals surface area (Å²) in [6.07, 6.45) is 23.0. The molecule has 0 heterocycles. The van der Waals surface area contributed by atoms with Crippen LogP contribution in [0.25, 0.3) is 0 Å². The van der Waals surface area contributed by atoms with Crippen molar-refractivity contribution in [3.8, 4) is 0 Å². The molecule has 0 aliphatic carbocycles. The van der Waals surface area contributed by atoms with Crippen molar-refractivity contribution >= 4 is 5.97 Å². The van der Waals surface area contributed by atoms with E-state index in [1.54, 1.807) is 6.08 Å². The summed E-state index contributed by atoms with van der Waals surface area (Å²) in [5.74, 6) is -0.768. The van der Waals surface area contributed by atoms with Gasteiger partial charge in [-0.05, 0) is 37.8 Å². The second-order valence-electron chi connectivity index (χ2n) is 6.46. The molecule has 25 heavy (non-hydrogen) atoms. The third-order valence-corrected chi connectivity index (χ3v) is 4.00. The number of carboxylic acids is 1. The molecule has 0 aliphatic heterocycles. The maximum atomic E-state index is 10.3. The first-order valence-electron chi connectivity index (χ1n) is 10.1. The Balaban J connectivity index is 3.23. The highest BCUT2D eigenvalue weighted by Gasteiger charge is 1.91. The normalized spacial score (nSPS) is 10.8. The van der Waals surface area contributed by atoms with Crippen LogP contribution in [0.1, 0.15) is 90.4 Å². The van der Waals surface area contributed by atoms with Gasteiger partial charge in [-0.25, -0.2) is 0 Å². The summed E-state index contributed by atoms with van der Waals surface area (Å²) < 4.78 is 5.50. The van der Waals surface area contributed by atoms with Crippen LogP contribution in [-0.4, -0.2) is 24.3 Å². The molecular formula is C22H38O3. The van der Waals surface area contributed by atoms with E-state index in [4.69, 9.17) is 9.84 Å². The van der Waals surface area contributed by atoms with Gasteiger partial charge in [0, 0.05) is 6.42 Å². The summed E-state index contributed by atoms with van der Waals surface area (Å²) >= 11 is 0. The summed E-state index contributed by atoms with van der Waals surface area (Å²) in [5, 5.41) is 8.48. The SMILES string of the molecule is CCCCCCCCCCCC=CCOCCC=C=CCCC(=O)O. The topological polar surface area (TPSA) is 46.5 Å². The molecule has 0 aromatic carbocycles. The van der Waals surface area contributed by atoms with Gasteiger partial charge in [-0.1, -0.05) is 70.4 Å². The molecule has 3 heteroatoms. The lowest BCUT2D eigenvalue weighted by molar-refractivity contribution is -0.136. The van der Waals surface area contributed by atoms with Crippen LogP contribution in [0, 0.1) is 0 Å². The molecule has 0 saturated heterocycles. The molecule has 0 fully saturated rings. The molecular weight excluding hydrogens is 312 g/mol. The number of aliphatic carboxylic acids is 1. The summed E-state index contributed by atoms with van der Waals surface area (Å²) in [6.45, 7) is 3.62. The molecule has 0 spiro atoms. The quantitative estimate of drug-likeness (QED) is 0.176. The zero-order chi connectivity index (χ0) is 18.4. The fourth-order valence-electron chi connectivity index (χ4n) is 2.50. The second-order valence-corrected chi connectivity index (χ2v) is 6.46. The first-order chi connectivity index (χ1) is 12.3. The van der Waals surface area contributed by atoms with Crippen LogP contribution >= 0.6 is 0 Å². The Morgan fingerprint density at radius 2 is 1.52 bits per heavy atom. The maximum absolute atomic E-state index is 10.3. The Morgan fingerprint density at radius 1 is 0.880 bits per heavy atom. The average molecular weight is 351 g/mol. The van der Waals surface area contributed by atoms with Gasteiger partial charge >= 0.3 is 5.97 Å². The average Bonchev–Trinajstić information content (AvgIpc) is 2.60. The molecule has 144 valence electrons. The van der Waals surface area contributed by atoms with Gasteiger partial charge in [0.2, 0.25) is 0 Å². The van der Waals surface area contributed by atoms with Gasteiger partial charge in [0.25, 0.3) is 0 Å². The van der Waals surface area contributed by atoms with E-state index in [0.717, 1.165) is 12.8 Å². The highest BCUT2D eigenvalue weighted by molar-refractivity contribution is 5.66. The highest BCUT2D eigenvalue weighted by atomic mass is 16.5. The zero-order valence-electron chi connectivity index (χ0n) is 16.2. The van der Waals surface area contributed by atoms with Crippen molar-refractivity contribution in [2.24, 2.45) is 0 Å². The second kappa shape index (κ2) is 20.7. The van der Waals surface area contributed by atoms with Crippen LogP contribution in [0.15, 0.2) is 30.0 Å². The van der Waals surface area contributed by atoms with E-state index in [-0.39, 0.29) is 6.42 Å². The Morgan fingerprint density at radius 3 is 2.20 bits per heavy atom. The van der Waals surface area contributed by atoms with Crippen molar-refractivity contribution < 1.29 is 14.6 Å². The minimum atomic E-state index is -0.768. The molecule has 0 saturated carbocycles. The fourth-order valence-corrected chi connectivity index (χ4v) is 2.50. The molecule has 0 atom stereocenters. The largest absolute Gasteiger partial charge is 0.481 e. The molecule has 0 bridgehead atoms. The summed E-state index contributed by atoms with van der Waals surface area (Å²) in [6, 6.07) is 0. The number of carbonyl (C=O) groups is 1. The molecule has 0 unspecified atom stereocenters. The Labute approximate surface area is 154 Å². The summed E-state index contributed by atoms with van der Waals surface area (Å²) in [7, 11) is 0. The van der Waals surface area contributed by atoms with Gasteiger partial charge in [-0.2, -0.15) is 0 Å². The molecule has 0 amide bonds. The molecule has 0 rings (SSSR count). The lowest BCUT2D eigenvalue weighted by Crippen LogP contribution is -1.92. The van der Waals surface area contributed by atoms with Gasteiger partial charge in [-0.3, -0.25) is 4.79 Å². The van der Waals surface area contributed by atoms with E-state index < -0.39 is 5.97 Å². The first-order valence-corrected chi connectivity index (χ1v) is 10.1. The number of carboxylic acid groups (broad SMARTS) is 1. The monoisotopic (exact) mass is 350 g/mol. The van der Waals surface area contributed by atoms with Crippen molar-refractivity contribution in [1.29, 1.82) is 0 Å². The van der Waals surface area contributed by atoms with Crippen LogP contribution < -0.4 is 0 Å². The van der Waals surface area contributed by atoms with Crippen molar-refractivity contribution in [2.75, 3.05) is 13.2 Å². The smallest absolute Gasteiger partial charge is 0.303 e. The van der Waals surface area contributed by atoms with Crippen molar-refractivity contribution in [3.05, 3.63) is 30.0 Å². The van der Waals surface area contributed by atoms with Crippen LogP contribution in [0.3, 0.4) is 0 Å². The van der Waals surface area contributed by atoms with Crippen LogP contribution in [0.5, 0.6) is 0 Å². The molecule has 1 N–H and O–H groups in total. The van der Waals surface area contributed by atoms with E-state index in [1.165, 1.54) is 57.8 Å². The summed E-state index contributed by atoms with van der Waals surface area (Å²) in [4.78, 5) is 10.3. The van der Waals surface area contributed by atoms with Crippen LogP contribution in [0.4, 0.5) is 0 Å². The number of unbranched alkanes of at least 4 members (excludes halogenated alkanes) is 9. The van der Waals surface area contributed by atoms with E-state index in [9.17, 15) is 4.79 Å². The van der Waals surface area contributed by atoms with Crippen LogP contribution in [-0.2, 0) is 9.53 Å². The van der Waals surface area contributed by atoms with Gasteiger partial charge in [0.1, 0.15) is 0 Å². The molecule has 3 nitrogen and oxygen atoms in total. The Bertz CT molecular complexity index is 379. The number of hydrogen-bond donors (Lipinski definition) is 1. The number of hydrogen-bond acceptors (Lipinski definition) is 2. The lowest BCUT2D eigenvalue weighted by Gasteiger charge is -2.00. The number of rotatable bonds is 18. The van der Waals surface area contributed by atoms with Crippen molar-refractivity contribution in [1.82, 2.24) is 0 Å². The number of allylic oxidation sites excluding steroid dienone is 1. The highest BCUT2D eigenvalue weighted by Crippen LogP contribution is 2.10. The molecule has 0 aromatic heterocycles. The van der Waals surface area contributed by atoms with Crippen molar-refractivity contribution in [2.45, 2.75) is 90.4 Å². The third kappa shape index (κ3) is 22.7. The van der Waals surface area contributed by atoms with Gasteiger partial charge in [-0.15, -0.1) is 5.73 Å². The van der Waals surface area contributed by atoms with E-state index >= 15 is 0 Å². The van der Waals surface area contributed by atoms with E-state index in [1.807, 2.05) is 6.08 Å². The molecule has 0 radical (unpaired) electrons. The van der Waals surface area contributed by atoms with Crippen LogP contribution in [0.2, 0.25) is 0 Å². The maximum Gasteiger partial charge on any atom is 0.303 e. The zero-order valence-corrected chi connectivity index (χ0v) is 16.2.